The van der Waals surface area contributed by atoms with E-state index in [4.69, 9.17) is 16.4 Å². The second-order valence-electron chi connectivity index (χ2n) is 3.27. The summed E-state index contributed by atoms with van der Waals surface area (Å²) in [6, 6.07) is 7.99. The molecule has 0 bridgehead atoms. The second-order valence-corrected chi connectivity index (χ2v) is 5.59. The molecule has 1 aliphatic rings. The molecule has 1 N–H and O–H groups in total. The normalized spacial score (nSPS) is 15.2. The maximum atomic E-state index is 11.9. The van der Waals surface area contributed by atoms with Gasteiger partial charge in [0.1, 0.15) is 0 Å². The van der Waals surface area contributed by atoms with Crippen LogP contribution in [0.4, 0.5) is 0 Å². The molecule has 0 aromatic heterocycles. The van der Waals surface area contributed by atoms with Crippen LogP contribution < -0.4 is 5.43 Å². The molecular weight excluding hydrogens is 278 g/mol. The molecule has 18 heavy (non-hydrogen) atoms. The highest BCUT2D eigenvalue weighted by molar-refractivity contribution is 7.91. The van der Waals surface area contributed by atoms with Crippen LogP contribution in [0.25, 0.3) is 0 Å². The summed E-state index contributed by atoms with van der Waals surface area (Å²) in [5.41, 5.74) is 2.44. The van der Waals surface area contributed by atoms with Gasteiger partial charge >= 0.3 is 0 Å². The van der Waals surface area contributed by atoms with E-state index in [1.54, 1.807) is 18.2 Å². The molecule has 0 saturated carbocycles. The Hall–Kier alpha value is -1.57. The summed E-state index contributed by atoms with van der Waals surface area (Å²) in [6.45, 7) is 0. The van der Waals surface area contributed by atoms with Crippen molar-refractivity contribution in [1.82, 2.24) is 10.7 Å². The molecule has 1 heterocycles. The minimum atomic E-state index is -3.53. The Kier molecular flexibility index (Phi) is 3.85. The highest BCUT2D eigenvalue weighted by Gasteiger charge is 2.17. The number of hydrazone groups is 1. The molecule has 0 atom stereocenters. The van der Waals surface area contributed by atoms with Gasteiger partial charge in [-0.3, -0.25) is 5.43 Å². The SMILES string of the molecule is O=S(=O)(CON1N=C(Cl)C=[C]N1)c1ccccc1. The Bertz CT molecular complexity index is 571. The van der Waals surface area contributed by atoms with E-state index in [1.165, 1.54) is 18.2 Å². The van der Waals surface area contributed by atoms with Gasteiger partial charge in [-0.25, -0.2) is 13.3 Å². The van der Waals surface area contributed by atoms with E-state index in [0.717, 1.165) is 5.28 Å². The van der Waals surface area contributed by atoms with Gasteiger partial charge in [-0.1, -0.05) is 35.1 Å². The average Bonchev–Trinajstić information content (AvgIpc) is 2.38. The number of hydrazine groups is 1. The summed E-state index contributed by atoms with van der Waals surface area (Å²) >= 11 is 5.60. The molecule has 6 nitrogen and oxygen atoms in total. The predicted molar refractivity (Wildman–Crippen MR) is 65.7 cm³/mol. The van der Waals surface area contributed by atoms with E-state index in [2.05, 4.69) is 16.7 Å². The first-order chi connectivity index (χ1) is 8.58. The first-order valence-corrected chi connectivity index (χ1v) is 6.90. The number of benzene rings is 1. The summed E-state index contributed by atoms with van der Waals surface area (Å²) in [5, 5.41) is 4.65. The molecule has 1 radical (unpaired) electrons. The summed E-state index contributed by atoms with van der Waals surface area (Å²) in [6.07, 6.45) is 3.91. The third-order valence-corrected chi connectivity index (χ3v) is 3.56. The summed E-state index contributed by atoms with van der Waals surface area (Å²) in [7, 11) is -3.53. The Morgan fingerprint density at radius 3 is 2.78 bits per heavy atom. The van der Waals surface area contributed by atoms with E-state index in [1.807, 2.05) is 0 Å². The summed E-state index contributed by atoms with van der Waals surface area (Å²) in [5.74, 6) is -0.556. The molecule has 1 aliphatic heterocycles. The fraction of sp³-hybridized carbons (Fsp3) is 0.100. The van der Waals surface area contributed by atoms with Crippen LogP contribution in [0.1, 0.15) is 0 Å². The molecule has 1 aromatic carbocycles. The zero-order valence-corrected chi connectivity index (χ0v) is 10.6. The monoisotopic (exact) mass is 286 g/mol. The number of rotatable bonds is 4. The van der Waals surface area contributed by atoms with Crippen molar-refractivity contribution in [2.45, 2.75) is 4.90 Å². The fourth-order valence-corrected chi connectivity index (χ4v) is 2.23. The van der Waals surface area contributed by atoms with Crippen LogP contribution in [0.5, 0.6) is 0 Å². The van der Waals surface area contributed by atoms with Gasteiger partial charge in [0, 0.05) is 6.08 Å². The van der Waals surface area contributed by atoms with E-state index in [0.29, 0.717) is 0 Å². The molecule has 0 aliphatic carbocycles. The lowest BCUT2D eigenvalue weighted by molar-refractivity contribution is -0.172. The van der Waals surface area contributed by atoms with Gasteiger partial charge < -0.3 is 0 Å². The molecule has 2 rings (SSSR count). The maximum Gasteiger partial charge on any atom is 0.205 e. The van der Waals surface area contributed by atoms with Crippen molar-refractivity contribution in [2.24, 2.45) is 5.10 Å². The van der Waals surface area contributed by atoms with Crippen LogP contribution in [0.15, 0.2) is 46.4 Å². The van der Waals surface area contributed by atoms with Gasteiger partial charge in [-0.15, -0.1) is 5.10 Å². The van der Waals surface area contributed by atoms with Crippen molar-refractivity contribution < 1.29 is 13.3 Å². The zero-order chi connectivity index (χ0) is 13.0. The Morgan fingerprint density at radius 1 is 1.39 bits per heavy atom. The molecule has 0 unspecified atom stereocenters. The second kappa shape index (κ2) is 5.38. The van der Waals surface area contributed by atoms with Crippen molar-refractivity contribution in [3.63, 3.8) is 0 Å². The van der Waals surface area contributed by atoms with E-state index >= 15 is 0 Å². The zero-order valence-electron chi connectivity index (χ0n) is 9.08. The molecule has 0 fully saturated rings. The van der Waals surface area contributed by atoms with Gasteiger partial charge in [0.05, 0.1) is 11.1 Å². The van der Waals surface area contributed by atoms with Crippen LogP contribution in [0, 0.1) is 6.20 Å². The van der Waals surface area contributed by atoms with Crippen LogP contribution in [-0.4, -0.2) is 24.8 Å². The first kappa shape index (κ1) is 12.9. The van der Waals surface area contributed by atoms with Crippen LogP contribution >= 0.6 is 11.6 Å². The number of halogens is 1. The minimum absolute atomic E-state index is 0.130. The lowest BCUT2D eigenvalue weighted by Crippen LogP contribution is -2.34. The summed E-state index contributed by atoms with van der Waals surface area (Å²) < 4.78 is 23.7. The molecule has 0 spiro atoms. The number of nitrogens with one attached hydrogen (secondary N) is 1. The van der Waals surface area contributed by atoms with Crippen LogP contribution in [0.3, 0.4) is 0 Å². The Balaban J connectivity index is 2.00. The fourth-order valence-electron chi connectivity index (χ4n) is 1.16. The van der Waals surface area contributed by atoms with Gasteiger partial charge in [-0.05, 0) is 12.1 Å². The Morgan fingerprint density at radius 2 is 2.11 bits per heavy atom. The number of nitrogens with zero attached hydrogens (tertiary/aromatic N) is 2. The molecule has 95 valence electrons. The van der Waals surface area contributed by atoms with Crippen LogP contribution in [-0.2, 0) is 14.7 Å². The topological polar surface area (TPSA) is 71.0 Å². The maximum absolute atomic E-state index is 11.9. The Labute approximate surface area is 109 Å². The molecule has 1 aromatic rings. The van der Waals surface area contributed by atoms with E-state index in [-0.39, 0.29) is 10.1 Å². The highest BCUT2D eigenvalue weighted by atomic mass is 35.5. The smallest absolute Gasteiger partial charge is 0.205 e. The number of hydrogen-bond donors (Lipinski definition) is 1. The molecule has 0 saturated heterocycles. The highest BCUT2D eigenvalue weighted by Crippen LogP contribution is 2.11. The van der Waals surface area contributed by atoms with Crippen molar-refractivity contribution in [1.29, 1.82) is 0 Å². The first-order valence-electron chi connectivity index (χ1n) is 4.87. The number of hydrogen-bond acceptors (Lipinski definition) is 6. The van der Waals surface area contributed by atoms with Gasteiger partial charge in [-0.2, -0.15) is 0 Å². The van der Waals surface area contributed by atoms with E-state index < -0.39 is 15.8 Å². The van der Waals surface area contributed by atoms with Crippen LogP contribution in [0.2, 0.25) is 0 Å². The van der Waals surface area contributed by atoms with Crippen molar-refractivity contribution in [2.75, 3.05) is 5.94 Å². The van der Waals surface area contributed by atoms with Crippen molar-refractivity contribution in [3.8, 4) is 0 Å². The third kappa shape index (κ3) is 3.22. The number of sulfone groups is 1. The third-order valence-electron chi connectivity index (χ3n) is 1.97. The average molecular weight is 287 g/mol. The van der Waals surface area contributed by atoms with E-state index in [9.17, 15) is 8.42 Å². The molecule has 8 heteroatoms. The lowest BCUT2D eigenvalue weighted by atomic mass is 10.4. The van der Waals surface area contributed by atoms with Gasteiger partial charge in [0.2, 0.25) is 9.84 Å². The lowest BCUT2D eigenvalue weighted by Gasteiger charge is -2.19. The van der Waals surface area contributed by atoms with Gasteiger partial charge in [0.25, 0.3) is 0 Å². The predicted octanol–water partition coefficient (Wildman–Crippen LogP) is 1.04. The standard InChI is InChI=1S/C10H9ClN3O3S/c11-10-6-7-12-14(13-10)17-8-18(15,16)9-4-2-1-3-5-9/h1-6,12H,8H2. The number of allylic oxidation sites excluding steroid dienone is 1. The quantitative estimate of drug-likeness (QED) is 0.895. The molecular formula is C10H9ClN3O3S. The van der Waals surface area contributed by atoms with Crippen molar-refractivity contribution in [3.05, 3.63) is 42.6 Å². The summed E-state index contributed by atoms with van der Waals surface area (Å²) in [4.78, 5) is 5.13. The van der Waals surface area contributed by atoms with Crippen molar-refractivity contribution >= 4 is 26.6 Å². The minimum Gasteiger partial charge on any atom is -0.255 e. The largest absolute Gasteiger partial charge is 0.255 e. The van der Waals surface area contributed by atoms with Gasteiger partial charge in [0.15, 0.2) is 11.1 Å². The molecule has 0 amide bonds.